The molecule has 5 heteroatoms. The van der Waals surface area contributed by atoms with E-state index in [9.17, 15) is 9.59 Å². The number of hydrogen-bond donors (Lipinski definition) is 1. The molecule has 98 valence electrons. The van der Waals surface area contributed by atoms with Gasteiger partial charge in [0, 0.05) is 32.5 Å². The lowest BCUT2D eigenvalue weighted by Crippen LogP contribution is -2.34. The third-order valence-electron chi connectivity index (χ3n) is 3.22. The first kappa shape index (κ1) is 12.7. The number of amides is 2. The number of hydrogen-bond acceptors (Lipinski definition) is 3. The summed E-state index contributed by atoms with van der Waals surface area (Å²) >= 11 is 0. The Morgan fingerprint density at radius 3 is 3.06 bits per heavy atom. The number of rotatable bonds is 5. The summed E-state index contributed by atoms with van der Waals surface area (Å²) in [6.45, 7) is 3.69. The van der Waals surface area contributed by atoms with Crippen LogP contribution in [0, 0.1) is 5.92 Å². The minimum atomic E-state index is -0.200. The van der Waals surface area contributed by atoms with E-state index in [0.29, 0.717) is 32.5 Å². The van der Waals surface area contributed by atoms with Gasteiger partial charge >= 0.3 is 0 Å². The minimum Gasteiger partial charge on any atom is -0.469 e. The van der Waals surface area contributed by atoms with Crippen molar-refractivity contribution in [3.8, 4) is 0 Å². The molecular formula is C13H18N2O3. The number of carbonyl (C=O) groups excluding carboxylic acids is 2. The molecule has 0 saturated carbocycles. The van der Waals surface area contributed by atoms with Crippen LogP contribution in [0.1, 0.15) is 19.1 Å². The Morgan fingerprint density at radius 1 is 1.61 bits per heavy atom. The van der Waals surface area contributed by atoms with Gasteiger partial charge in [-0.15, -0.1) is 0 Å². The molecule has 1 aromatic heterocycles. The molecule has 1 saturated heterocycles. The quantitative estimate of drug-likeness (QED) is 0.841. The summed E-state index contributed by atoms with van der Waals surface area (Å²) in [5.74, 6) is 0.691. The second-order valence-corrected chi connectivity index (χ2v) is 4.45. The van der Waals surface area contributed by atoms with Gasteiger partial charge in [-0.2, -0.15) is 0 Å². The van der Waals surface area contributed by atoms with Crippen molar-refractivity contribution in [1.82, 2.24) is 10.2 Å². The van der Waals surface area contributed by atoms with Crippen molar-refractivity contribution in [2.75, 3.05) is 19.6 Å². The monoisotopic (exact) mass is 250 g/mol. The maximum absolute atomic E-state index is 11.9. The lowest BCUT2D eigenvalue weighted by Gasteiger charge is -2.13. The van der Waals surface area contributed by atoms with Crippen LogP contribution >= 0.6 is 0 Å². The van der Waals surface area contributed by atoms with Crippen LogP contribution in [0.5, 0.6) is 0 Å². The Hall–Kier alpha value is -1.78. The van der Waals surface area contributed by atoms with Crippen molar-refractivity contribution in [2.45, 2.75) is 19.8 Å². The molecule has 1 N–H and O–H groups in total. The highest BCUT2D eigenvalue weighted by molar-refractivity contribution is 5.89. The van der Waals surface area contributed by atoms with Crippen molar-refractivity contribution in [1.29, 1.82) is 0 Å². The molecule has 0 radical (unpaired) electrons. The van der Waals surface area contributed by atoms with E-state index in [1.54, 1.807) is 11.2 Å². The summed E-state index contributed by atoms with van der Waals surface area (Å²) < 4.78 is 5.18. The zero-order valence-electron chi connectivity index (χ0n) is 10.5. The highest BCUT2D eigenvalue weighted by Gasteiger charge is 2.32. The van der Waals surface area contributed by atoms with Crippen LogP contribution in [0.25, 0.3) is 0 Å². The van der Waals surface area contributed by atoms with E-state index >= 15 is 0 Å². The van der Waals surface area contributed by atoms with Crippen LogP contribution in [-0.2, 0) is 16.0 Å². The molecule has 0 aromatic carbocycles. The Bertz CT molecular complexity index is 414. The van der Waals surface area contributed by atoms with Gasteiger partial charge < -0.3 is 14.6 Å². The molecule has 2 amide bonds. The molecule has 1 aliphatic heterocycles. The molecule has 18 heavy (non-hydrogen) atoms. The molecule has 0 bridgehead atoms. The van der Waals surface area contributed by atoms with Crippen LogP contribution in [0.2, 0.25) is 0 Å². The van der Waals surface area contributed by atoms with Gasteiger partial charge in [0.05, 0.1) is 12.2 Å². The first-order valence-corrected chi connectivity index (χ1v) is 6.28. The van der Waals surface area contributed by atoms with E-state index in [1.807, 2.05) is 19.1 Å². The predicted molar refractivity (Wildman–Crippen MR) is 65.8 cm³/mol. The smallest absolute Gasteiger partial charge is 0.225 e. The average Bonchev–Trinajstić information content (AvgIpc) is 2.98. The summed E-state index contributed by atoms with van der Waals surface area (Å²) in [6, 6.07) is 3.70. The number of furan rings is 1. The van der Waals surface area contributed by atoms with Crippen LogP contribution in [0.3, 0.4) is 0 Å². The molecule has 0 spiro atoms. The summed E-state index contributed by atoms with van der Waals surface area (Å²) in [5.41, 5.74) is 0. The van der Waals surface area contributed by atoms with E-state index in [2.05, 4.69) is 5.32 Å². The molecule has 1 aliphatic rings. The van der Waals surface area contributed by atoms with Gasteiger partial charge in [0.2, 0.25) is 11.8 Å². The highest BCUT2D eigenvalue weighted by atomic mass is 16.3. The van der Waals surface area contributed by atoms with Crippen molar-refractivity contribution in [3.05, 3.63) is 24.2 Å². The minimum absolute atomic E-state index is 0.0362. The lowest BCUT2D eigenvalue weighted by molar-refractivity contribution is -0.128. The molecule has 2 rings (SSSR count). The number of carbonyl (C=O) groups is 2. The van der Waals surface area contributed by atoms with Gasteiger partial charge in [-0.05, 0) is 19.1 Å². The van der Waals surface area contributed by atoms with Crippen molar-refractivity contribution < 1.29 is 14.0 Å². The maximum atomic E-state index is 11.9. The van der Waals surface area contributed by atoms with E-state index in [0.717, 1.165) is 5.76 Å². The van der Waals surface area contributed by atoms with Crippen LogP contribution in [0.4, 0.5) is 0 Å². The highest BCUT2D eigenvalue weighted by Crippen LogP contribution is 2.17. The molecule has 1 atom stereocenters. The fourth-order valence-corrected chi connectivity index (χ4v) is 2.16. The standard InChI is InChI=1S/C13H18N2O3/c1-2-15-9-10(8-12(15)16)13(17)14-6-5-11-4-3-7-18-11/h3-4,7,10H,2,5-6,8-9H2,1H3,(H,14,17). The van der Waals surface area contributed by atoms with Crippen LogP contribution in [-0.4, -0.2) is 36.3 Å². The zero-order chi connectivity index (χ0) is 13.0. The van der Waals surface area contributed by atoms with Gasteiger partial charge in [0.15, 0.2) is 0 Å². The van der Waals surface area contributed by atoms with Crippen molar-refractivity contribution in [3.63, 3.8) is 0 Å². The SMILES string of the molecule is CCN1CC(C(=O)NCCc2ccco2)CC1=O. The Balaban J connectivity index is 1.74. The van der Waals surface area contributed by atoms with E-state index < -0.39 is 0 Å². The Morgan fingerprint density at radius 2 is 2.44 bits per heavy atom. The average molecular weight is 250 g/mol. The fraction of sp³-hybridized carbons (Fsp3) is 0.538. The molecule has 1 unspecified atom stereocenters. The molecular weight excluding hydrogens is 232 g/mol. The Kier molecular flexibility index (Phi) is 4.02. The van der Waals surface area contributed by atoms with Gasteiger partial charge in [-0.25, -0.2) is 0 Å². The number of nitrogens with one attached hydrogen (secondary N) is 1. The van der Waals surface area contributed by atoms with Crippen molar-refractivity contribution >= 4 is 11.8 Å². The lowest BCUT2D eigenvalue weighted by atomic mass is 10.1. The Labute approximate surface area is 106 Å². The second-order valence-electron chi connectivity index (χ2n) is 4.45. The van der Waals surface area contributed by atoms with Crippen LogP contribution in [0.15, 0.2) is 22.8 Å². The summed E-state index contributed by atoms with van der Waals surface area (Å²) in [7, 11) is 0. The summed E-state index contributed by atoms with van der Waals surface area (Å²) in [4.78, 5) is 25.1. The number of likely N-dealkylation sites (tertiary alicyclic amines) is 1. The molecule has 5 nitrogen and oxygen atoms in total. The fourth-order valence-electron chi connectivity index (χ4n) is 2.16. The van der Waals surface area contributed by atoms with E-state index in [4.69, 9.17) is 4.42 Å². The molecule has 1 fully saturated rings. The molecule has 2 heterocycles. The van der Waals surface area contributed by atoms with Crippen LogP contribution < -0.4 is 5.32 Å². The van der Waals surface area contributed by atoms with E-state index in [1.165, 1.54) is 0 Å². The second kappa shape index (κ2) is 5.71. The largest absolute Gasteiger partial charge is 0.469 e. The van der Waals surface area contributed by atoms with Gasteiger partial charge in [-0.1, -0.05) is 0 Å². The molecule has 1 aromatic rings. The van der Waals surface area contributed by atoms with Gasteiger partial charge in [0.25, 0.3) is 0 Å². The molecule has 0 aliphatic carbocycles. The third-order valence-corrected chi connectivity index (χ3v) is 3.22. The zero-order valence-corrected chi connectivity index (χ0v) is 10.5. The maximum Gasteiger partial charge on any atom is 0.225 e. The number of nitrogens with zero attached hydrogens (tertiary/aromatic N) is 1. The summed E-state index contributed by atoms with van der Waals surface area (Å²) in [5, 5.41) is 2.85. The normalized spacial score (nSPS) is 19.3. The van der Waals surface area contributed by atoms with Crippen molar-refractivity contribution in [2.24, 2.45) is 5.92 Å². The van der Waals surface area contributed by atoms with Gasteiger partial charge in [0.1, 0.15) is 5.76 Å². The topological polar surface area (TPSA) is 62.6 Å². The van der Waals surface area contributed by atoms with E-state index in [-0.39, 0.29) is 17.7 Å². The van der Waals surface area contributed by atoms with Gasteiger partial charge in [-0.3, -0.25) is 9.59 Å². The first-order chi connectivity index (χ1) is 8.70. The predicted octanol–water partition coefficient (Wildman–Crippen LogP) is 0.807. The summed E-state index contributed by atoms with van der Waals surface area (Å²) in [6.07, 6.45) is 2.63. The first-order valence-electron chi connectivity index (χ1n) is 6.28. The third kappa shape index (κ3) is 2.91.